The second-order valence-electron chi connectivity index (χ2n) is 9.04. The number of carbonyl (C=O) groups is 2. The molecule has 0 bridgehead atoms. The summed E-state index contributed by atoms with van der Waals surface area (Å²) in [6.45, 7) is 4.83. The van der Waals surface area contributed by atoms with Crippen molar-refractivity contribution in [1.82, 2.24) is 19.8 Å². The number of hydrogen-bond acceptors (Lipinski definition) is 3. The summed E-state index contributed by atoms with van der Waals surface area (Å²) < 4.78 is 2.04. The number of fused-ring (bicyclic) bond motifs is 1. The number of piperidine rings is 1. The molecule has 1 saturated heterocycles. The number of nitrogens with one attached hydrogen (secondary N) is 1. The number of hydrogen-bond donors (Lipinski definition) is 1. The Bertz CT molecular complexity index is 876. The van der Waals surface area contributed by atoms with Crippen LogP contribution in [0.25, 0.3) is 11.0 Å². The van der Waals surface area contributed by atoms with Crippen LogP contribution in [0.2, 0.25) is 0 Å². The molecule has 0 atom stereocenters. The van der Waals surface area contributed by atoms with Gasteiger partial charge in [0.25, 0.3) is 0 Å². The van der Waals surface area contributed by atoms with Gasteiger partial charge in [0, 0.05) is 32.0 Å². The second-order valence-corrected chi connectivity index (χ2v) is 9.04. The maximum absolute atomic E-state index is 13.0. The van der Waals surface area contributed by atoms with Gasteiger partial charge in [-0.15, -0.1) is 0 Å². The SMILES string of the molecule is CC1CCN(C(=O)Cn2c(CCNC(=O)C3CCCCC3)nc3ccccc32)CC1. The normalized spacial score (nSPS) is 18.6. The molecule has 2 heterocycles. The van der Waals surface area contributed by atoms with Crippen LogP contribution < -0.4 is 5.32 Å². The average molecular weight is 411 g/mol. The Morgan fingerprint density at radius 3 is 2.57 bits per heavy atom. The highest BCUT2D eigenvalue weighted by atomic mass is 16.2. The van der Waals surface area contributed by atoms with Gasteiger partial charge in [0.1, 0.15) is 12.4 Å². The zero-order valence-corrected chi connectivity index (χ0v) is 18.1. The van der Waals surface area contributed by atoms with Crippen molar-refractivity contribution in [3.05, 3.63) is 30.1 Å². The molecule has 1 aliphatic carbocycles. The standard InChI is InChI=1S/C24H34N4O2/c1-18-12-15-27(16-13-18)23(29)17-28-21-10-6-5-9-20(21)26-22(28)11-14-25-24(30)19-7-3-2-4-8-19/h5-6,9-10,18-19H,2-4,7-8,11-17H2,1H3,(H,25,30). The molecule has 1 aromatic heterocycles. The molecule has 6 nitrogen and oxygen atoms in total. The van der Waals surface area contributed by atoms with Crippen LogP contribution in [-0.2, 0) is 22.6 Å². The molecule has 30 heavy (non-hydrogen) atoms. The molecule has 2 amide bonds. The summed E-state index contributed by atoms with van der Waals surface area (Å²) in [6.07, 6.45) is 8.37. The van der Waals surface area contributed by atoms with Crippen molar-refractivity contribution < 1.29 is 9.59 Å². The average Bonchev–Trinajstić information content (AvgIpc) is 3.12. The molecule has 4 rings (SSSR count). The van der Waals surface area contributed by atoms with Crippen LogP contribution in [0.1, 0.15) is 57.7 Å². The summed E-state index contributed by atoms with van der Waals surface area (Å²) in [5, 5.41) is 3.11. The summed E-state index contributed by atoms with van der Waals surface area (Å²) in [7, 11) is 0. The van der Waals surface area contributed by atoms with Crippen LogP contribution >= 0.6 is 0 Å². The van der Waals surface area contributed by atoms with Crippen LogP contribution in [0.15, 0.2) is 24.3 Å². The molecule has 6 heteroatoms. The highest BCUT2D eigenvalue weighted by Gasteiger charge is 2.23. The van der Waals surface area contributed by atoms with Gasteiger partial charge >= 0.3 is 0 Å². The van der Waals surface area contributed by atoms with Crippen LogP contribution in [0.5, 0.6) is 0 Å². The number of imidazole rings is 1. The topological polar surface area (TPSA) is 67.2 Å². The van der Waals surface area contributed by atoms with Gasteiger partial charge in [-0.1, -0.05) is 38.3 Å². The number of aromatic nitrogens is 2. The van der Waals surface area contributed by atoms with Crippen molar-refractivity contribution in [2.24, 2.45) is 11.8 Å². The predicted octanol–water partition coefficient (Wildman–Crippen LogP) is 3.53. The number of nitrogens with zero attached hydrogens (tertiary/aromatic N) is 3. The van der Waals surface area contributed by atoms with E-state index in [1.165, 1.54) is 6.42 Å². The van der Waals surface area contributed by atoms with Crippen molar-refractivity contribution >= 4 is 22.8 Å². The minimum Gasteiger partial charge on any atom is -0.355 e. The fourth-order valence-corrected chi connectivity index (χ4v) is 4.79. The van der Waals surface area contributed by atoms with Crippen LogP contribution in [0.3, 0.4) is 0 Å². The number of benzene rings is 1. The van der Waals surface area contributed by atoms with Crippen molar-refractivity contribution in [3.8, 4) is 0 Å². The van der Waals surface area contributed by atoms with Gasteiger partial charge < -0.3 is 14.8 Å². The van der Waals surface area contributed by atoms with Crippen LogP contribution in [0.4, 0.5) is 0 Å². The molecule has 2 fully saturated rings. The van der Waals surface area contributed by atoms with Gasteiger partial charge in [-0.05, 0) is 43.7 Å². The molecule has 1 N–H and O–H groups in total. The molecule has 0 radical (unpaired) electrons. The zero-order chi connectivity index (χ0) is 20.9. The lowest BCUT2D eigenvalue weighted by molar-refractivity contribution is -0.133. The molecule has 1 aliphatic heterocycles. The minimum atomic E-state index is 0.164. The number of likely N-dealkylation sites (tertiary alicyclic amines) is 1. The maximum Gasteiger partial charge on any atom is 0.242 e. The van der Waals surface area contributed by atoms with Gasteiger partial charge in [-0.2, -0.15) is 0 Å². The summed E-state index contributed by atoms with van der Waals surface area (Å²) in [5.41, 5.74) is 1.90. The molecular weight excluding hydrogens is 376 g/mol. The van der Waals surface area contributed by atoms with E-state index < -0.39 is 0 Å². The van der Waals surface area contributed by atoms with E-state index in [1.807, 2.05) is 33.7 Å². The summed E-state index contributed by atoms with van der Waals surface area (Å²) >= 11 is 0. The highest BCUT2D eigenvalue weighted by molar-refractivity contribution is 5.81. The molecule has 2 aromatic rings. The summed E-state index contributed by atoms with van der Waals surface area (Å²) in [6, 6.07) is 7.98. The molecule has 162 valence electrons. The van der Waals surface area contributed by atoms with E-state index in [0.717, 1.165) is 68.5 Å². The van der Waals surface area contributed by atoms with Crippen LogP contribution in [0, 0.1) is 11.8 Å². The molecule has 1 saturated carbocycles. The van der Waals surface area contributed by atoms with Gasteiger partial charge in [-0.3, -0.25) is 9.59 Å². The molecule has 2 aliphatic rings. The van der Waals surface area contributed by atoms with E-state index in [4.69, 9.17) is 4.98 Å². The van der Waals surface area contributed by atoms with Crippen molar-refractivity contribution in [3.63, 3.8) is 0 Å². The van der Waals surface area contributed by atoms with Crippen molar-refractivity contribution in [2.45, 2.75) is 64.8 Å². The lowest BCUT2D eigenvalue weighted by atomic mass is 9.89. The Morgan fingerprint density at radius 1 is 1.07 bits per heavy atom. The van der Waals surface area contributed by atoms with E-state index >= 15 is 0 Å². The maximum atomic E-state index is 13.0. The van der Waals surface area contributed by atoms with Crippen molar-refractivity contribution in [2.75, 3.05) is 19.6 Å². The van der Waals surface area contributed by atoms with E-state index in [0.29, 0.717) is 25.4 Å². The van der Waals surface area contributed by atoms with Crippen molar-refractivity contribution in [1.29, 1.82) is 0 Å². The first-order valence-corrected chi connectivity index (χ1v) is 11.6. The third-order valence-corrected chi connectivity index (χ3v) is 6.79. The fourth-order valence-electron chi connectivity index (χ4n) is 4.79. The second kappa shape index (κ2) is 9.63. The van der Waals surface area contributed by atoms with E-state index in [1.54, 1.807) is 0 Å². The minimum absolute atomic E-state index is 0.164. The van der Waals surface area contributed by atoms with Gasteiger partial charge in [0.15, 0.2) is 0 Å². The lowest BCUT2D eigenvalue weighted by Gasteiger charge is -2.30. The highest BCUT2D eigenvalue weighted by Crippen LogP contribution is 2.24. The first-order valence-electron chi connectivity index (χ1n) is 11.6. The number of para-hydroxylation sites is 2. The summed E-state index contributed by atoms with van der Waals surface area (Å²) in [5.74, 6) is 2.08. The monoisotopic (exact) mass is 410 g/mol. The number of carbonyl (C=O) groups excluding carboxylic acids is 2. The smallest absolute Gasteiger partial charge is 0.242 e. The molecular formula is C24H34N4O2. The van der Waals surface area contributed by atoms with Gasteiger partial charge in [-0.25, -0.2) is 4.98 Å². The first kappa shape index (κ1) is 20.9. The fraction of sp³-hybridized carbons (Fsp3) is 0.625. The largest absolute Gasteiger partial charge is 0.355 e. The Morgan fingerprint density at radius 2 is 1.80 bits per heavy atom. The summed E-state index contributed by atoms with van der Waals surface area (Å²) in [4.78, 5) is 32.2. The van der Waals surface area contributed by atoms with E-state index in [-0.39, 0.29) is 17.7 Å². The number of rotatable bonds is 6. The Labute approximate surface area is 179 Å². The Balaban J connectivity index is 1.42. The van der Waals surface area contributed by atoms with Crippen LogP contribution in [-0.4, -0.2) is 45.9 Å². The third kappa shape index (κ3) is 4.85. The molecule has 0 spiro atoms. The molecule has 0 unspecified atom stereocenters. The Kier molecular flexibility index (Phi) is 6.70. The third-order valence-electron chi connectivity index (χ3n) is 6.79. The van der Waals surface area contributed by atoms with E-state index in [2.05, 4.69) is 12.2 Å². The first-order chi connectivity index (χ1) is 14.6. The number of amides is 2. The van der Waals surface area contributed by atoms with Gasteiger partial charge in [0.05, 0.1) is 11.0 Å². The van der Waals surface area contributed by atoms with Gasteiger partial charge in [0.2, 0.25) is 11.8 Å². The quantitative estimate of drug-likeness (QED) is 0.792. The zero-order valence-electron chi connectivity index (χ0n) is 18.1. The predicted molar refractivity (Wildman–Crippen MR) is 118 cm³/mol. The molecule has 1 aromatic carbocycles. The lowest BCUT2D eigenvalue weighted by Crippen LogP contribution is -2.40. The Hall–Kier alpha value is -2.37. The van der Waals surface area contributed by atoms with E-state index in [9.17, 15) is 9.59 Å².